The van der Waals surface area contributed by atoms with E-state index in [2.05, 4.69) is 5.32 Å². The van der Waals surface area contributed by atoms with Crippen molar-refractivity contribution >= 4 is 33.3 Å². The Labute approximate surface area is 184 Å². The minimum absolute atomic E-state index is 0.0422. The molecule has 0 aromatic heterocycles. The molecule has 0 spiro atoms. The van der Waals surface area contributed by atoms with Crippen LogP contribution >= 0.6 is 0 Å². The molecular formula is C21H21N3O7S. The van der Waals surface area contributed by atoms with Gasteiger partial charge in [-0.15, -0.1) is 0 Å². The largest absolute Gasteiger partial charge is 0.497 e. The van der Waals surface area contributed by atoms with Crippen LogP contribution in [0.25, 0.3) is 0 Å². The molecule has 2 aliphatic heterocycles. The van der Waals surface area contributed by atoms with E-state index in [9.17, 15) is 22.8 Å². The lowest BCUT2D eigenvalue weighted by Crippen LogP contribution is -2.51. The molecule has 32 heavy (non-hydrogen) atoms. The summed E-state index contributed by atoms with van der Waals surface area (Å²) in [7, 11) is -2.32. The first-order chi connectivity index (χ1) is 15.3. The van der Waals surface area contributed by atoms with Gasteiger partial charge in [-0.3, -0.25) is 14.4 Å². The number of methoxy groups -OCH3 is 1. The van der Waals surface area contributed by atoms with Gasteiger partial charge in [-0.25, -0.2) is 8.42 Å². The molecule has 2 aromatic rings. The number of hydrogen-bond donors (Lipinski definition) is 1. The van der Waals surface area contributed by atoms with Gasteiger partial charge in [0.25, 0.3) is 17.6 Å². The fraction of sp³-hybridized carbons (Fsp3) is 0.286. The van der Waals surface area contributed by atoms with E-state index in [0.717, 1.165) is 0 Å². The van der Waals surface area contributed by atoms with Crippen molar-refractivity contribution < 1.29 is 32.3 Å². The first-order valence-electron chi connectivity index (χ1n) is 9.84. The van der Waals surface area contributed by atoms with Gasteiger partial charge < -0.3 is 19.7 Å². The van der Waals surface area contributed by atoms with Crippen LogP contribution in [-0.4, -0.2) is 75.1 Å². The Kier molecular flexibility index (Phi) is 5.85. The van der Waals surface area contributed by atoms with Gasteiger partial charge in [0, 0.05) is 26.2 Å². The average Bonchev–Trinajstić information content (AvgIpc) is 3.10. The molecule has 0 unspecified atom stereocenters. The number of carbonyl (C=O) groups excluding carboxylic acids is 3. The highest BCUT2D eigenvalue weighted by Gasteiger charge is 2.33. The molecule has 0 saturated carbocycles. The van der Waals surface area contributed by atoms with E-state index >= 15 is 0 Å². The maximum absolute atomic E-state index is 13.0. The highest BCUT2D eigenvalue weighted by molar-refractivity contribution is 7.89. The third-order valence-electron chi connectivity index (χ3n) is 5.34. The zero-order valence-electron chi connectivity index (χ0n) is 17.2. The van der Waals surface area contributed by atoms with Gasteiger partial charge in [-0.1, -0.05) is 0 Å². The Morgan fingerprint density at radius 2 is 1.66 bits per heavy atom. The minimum atomic E-state index is -3.87. The number of nitrogens with zero attached hydrogens (tertiary/aromatic N) is 2. The van der Waals surface area contributed by atoms with Crippen molar-refractivity contribution in [1.29, 1.82) is 0 Å². The highest BCUT2D eigenvalue weighted by atomic mass is 32.2. The summed E-state index contributed by atoms with van der Waals surface area (Å²) >= 11 is 0. The third kappa shape index (κ3) is 4.16. The predicted molar refractivity (Wildman–Crippen MR) is 113 cm³/mol. The second-order valence-electron chi connectivity index (χ2n) is 7.24. The number of fused-ring (bicyclic) bond motifs is 1. The quantitative estimate of drug-likeness (QED) is 0.632. The molecular weight excluding hydrogens is 438 g/mol. The second kappa shape index (κ2) is 8.60. The molecule has 10 nitrogen and oxygen atoms in total. The number of ether oxygens (including phenoxy) is 2. The highest BCUT2D eigenvalue weighted by Crippen LogP contribution is 2.28. The molecule has 0 bridgehead atoms. The standard InChI is InChI=1S/C21H21N3O7S/c1-30-14-2-4-15(5-3-14)31-13-19(25)23-8-10-24(11-9-23)32(28,29)16-6-7-18-17(12-16)20(26)21(27)22-18/h2-7,12H,8-11,13H2,1H3,(H,22,26,27). The number of rotatable bonds is 6. The summed E-state index contributed by atoms with van der Waals surface area (Å²) < 4.78 is 37.8. The summed E-state index contributed by atoms with van der Waals surface area (Å²) in [6.07, 6.45) is 0. The van der Waals surface area contributed by atoms with E-state index in [1.807, 2.05) is 0 Å². The molecule has 2 amide bonds. The van der Waals surface area contributed by atoms with E-state index in [-0.39, 0.29) is 49.2 Å². The van der Waals surface area contributed by atoms with Crippen LogP contribution in [0.4, 0.5) is 5.69 Å². The van der Waals surface area contributed by atoms with Crippen LogP contribution in [-0.2, 0) is 19.6 Å². The number of piperazine rings is 1. The predicted octanol–water partition coefficient (Wildman–Crippen LogP) is 0.742. The zero-order valence-corrected chi connectivity index (χ0v) is 18.1. The Morgan fingerprint density at radius 3 is 2.31 bits per heavy atom. The Hall–Kier alpha value is -3.44. The van der Waals surface area contributed by atoms with Gasteiger partial charge in [0.1, 0.15) is 11.5 Å². The summed E-state index contributed by atoms with van der Waals surface area (Å²) in [5.41, 5.74) is 0.340. The van der Waals surface area contributed by atoms with Crippen LogP contribution in [0, 0.1) is 0 Å². The summed E-state index contributed by atoms with van der Waals surface area (Å²) in [5.74, 6) is -0.579. The fourth-order valence-electron chi connectivity index (χ4n) is 3.52. The SMILES string of the molecule is COc1ccc(OCC(=O)N2CCN(S(=O)(=O)c3ccc4c(c3)C(=O)C(=O)N4)CC2)cc1. The van der Waals surface area contributed by atoms with Crippen LogP contribution in [0.15, 0.2) is 47.4 Å². The normalized spacial score (nSPS) is 16.5. The van der Waals surface area contributed by atoms with E-state index < -0.39 is 21.7 Å². The molecule has 0 aliphatic carbocycles. The number of sulfonamides is 1. The maximum atomic E-state index is 13.0. The van der Waals surface area contributed by atoms with Crippen molar-refractivity contribution in [3.63, 3.8) is 0 Å². The lowest BCUT2D eigenvalue weighted by atomic mass is 10.1. The molecule has 4 rings (SSSR count). The van der Waals surface area contributed by atoms with Crippen molar-refractivity contribution in [1.82, 2.24) is 9.21 Å². The summed E-state index contributed by atoms with van der Waals surface area (Å²) in [6, 6.07) is 10.8. The number of anilines is 1. The number of nitrogens with one attached hydrogen (secondary N) is 1. The fourth-order valence-corrected chi connectivity index (χ4v) is 4.97. The van der Waals surface area contributed by atoms with Crippen LogP contribution in [0.5, 0.6) is 11.5 Å². The first-order valence-corrected chi connectivity index (χ1v) is 11.3. The Morgan fingerprint density at radius 1 is 1.00 bits per heavy atom. The van der Waals surface area contributed by atoms with Gasteiger partial charge >= 0.3 is 0 Å². The number of carbonyl (C=O) groups is 3. The Balaban J connectivity index is 1.35. The number of amides is 2. The number of ketones is 1. The first kappa shape index (κ1) is 21.8. The topological polar surface area (TPSA) is 122 Å². The lowest BCUT2D eigenvalue weighted by molar-refractivity contribution is -0.134. The molecule has 11 heteroatoms. The van der Waals surface area contributed by atoms with E-state index in [1.54, 1.807) is 36.3 Å². The molecule has 2 aliphatic rings. The van der Waals surface area contributed by atoms with Crippen molar-refractivity contribution in [2.75, 3.05) is 45.2 Å². The van der Waals surface area contributed by atoms with Gasteiger partial charge in [0.05, 0.1) is 23.3 Å². The zero-order chi connectivity index (χ0) is 22.9. The number of hydrogen-bond acceptors (Lipinski definition) is 7. The van der Waals surface area contributed by atoms with Crippen molar-refractivity contribution in [2.45, 2.75) is 4.90 Å². The summed E-state index contributed by atoms with van der Waals surface area (Å²) in [5, 5.41) is 2.39. The maximum Gasteiger partial charge on any atom is 0.296 e. The molecule has 1 fully saturated rings. The minimum Gasteiger partial charge on any atom is -0.497 e. The molecule has 0 atom stereocenters. The van der Waals surface area contributed by atoms with Gasteiger partial charge in [0.2, 0.25) is 10.0 Å². The number of benzene rings is 2. The van der Waals surface area contributed by atoms with Crippen LogP contribution in [0.1, 0.15) is 10.4 Å². The van der Waals surface area contributed by atoms with Crippen LogP contribution < -0.4 is 14.8 Å². The van der Waals surface area contributed by atoms with Crippen LogP contribution in [0.3, 0.4) is 0 Å². The molecule has 1 saturated heterocycles. The van der Waals surface area contributed by atoms with Crippen LogP contribution in [0.2, 0.25) is 0 Å². The molecule has 2 aromatic carbocycles. The Bertz CT molecular complexity index is 1170. The second-order valence-corrected chi connectivity index (χ2v) is 9.18. The monoisotopic (exact) mass is 459 g/mol. The average molecular weight is 459 g/mol. The van der Waals surface area contributed by atoms with Gasteiger partial charge in [-0.05, 0) is 42.5 Å². The van der Waals surface area contributed by atoms with E-state index in [1.165, 1.54) is 22.5 Å². The van der Waals surface area contributed by atoms with Gasteiger partial charge in [0.15, 0.2) is 6.61 Å². The van der Waals surface area contributed by atoms with E-state index in [4.69, 9.17) is 9.47 Å². The summed E-state index contributed by atoms with van der Waals surface area (Å²) in [4.78, 5) is 37.3. The molecule has 0 radical (unpaired) electrons. The van der Waals surface area contributed by atoms with Gasteiger partial charge in [-0.2, -0.15) is 4.31 Å². The molecule has 168 valence electrons. The third-order valence-corrected chi connectivity index (χ3v) is 7.24. The molecule has 1 N–H and O–H groups in total. The van der Waals surface area contributed by atoms with Crippen molar-refractivity contribution in [3.8, 4) is 11.5 Å². The van der Waals surface area contributed by atoms with Crippen molar-refractivity contribution in [2.24, 2.45) is 0 Å². The number of Topliss-reactive ketones (excluding diaryl/α,β-unsaturated/α-hetero) is 1. The van der Waals surface area contributed by atoms with E-state index in [0.29, 0.717) is 17.2 Å². The molecule has 2 heterocycles. The summed E-state index contributed by atoms with van der Waals surface area (Å²) in [6.45, 7) is 0.493. The smallest absolute Gasteiger partial charge is 0.296 e. The van der Waals surface area contributed by atoms with Crippen molar-refractivity contribution in [3.05, 3.63) is 48.0 Å². The lowest BCUT2D eigenvalue weighted by Gasteiger charge is -2.34.